The van der Waals surface area contributed by atoms with Gasteiger partial charge >= 0.3 is 0 Å². The molecule has 2 aliphatic rings. The summed E-state index contributed by atoms with van der Waals surface area (Å²) in [6, 6.07) is 3.44. The lowest BCUT2D eigenvalue weighted by Gasteiger charge is -2.43. The van der Waals surface area contributed by atoms with Crippen LogP contribution in [-0.2, 0) is 0 Å². The highest BCUT2D eigenvalue weighted by atomic mass is 16.3. The predicted molar refractivity (Wildman–Crippen MR) is 73.0 cm³/mol. The molecule has 0 amide bonds. The van der Waals surface area contributed by atoms with Crippen LogP contribution in [0.25, 0.3) is 0 Å². The van der Waals surface area contributed by atoms with E-state index in [2.05, 4.69) is 5.10 Å². The smallest absolute Gasteiger partial charge is 0.267 e. The summed E-state index contributed by atoms with van der Waals surface area (Å²) in [7, 11) is 0. The highest BCUT2D eigenvalue weighted by molar-refractivity contribution is 5.03. The van der Waals surface area contributed by atoms with Gasteiger partial charge in [-0.05, 0) is 50.5 Å². The molecular formula is C15H22N2O2. The lowest BCUT2D eigenvalue weighted by atomic mass is 9.68. The van der Waals surface area contributed by atoms with Crippen LogP contribution in [0, 0.1) is 12.3 Å². The van der Waals surface area contributed by atoms with Crippen molar-refractivity contribution in [1.82, 2.24) is 9.78 Å². The van der Waals surface area contributed by atoms with E-state index in [0.717, 1.165) is 18.5 Å². The molecule has 0 aliphatic heterocycles. The van der Waals surface area contributed by atoms with E-state index in [1.807, 2.05) is 6.92 Å². The minimum Gasteiger partial charge on any atom is -0.393 e. The second-order valence-corrected chi connectivity index (χ2v) is 6.27. The minimum absolute atomic E-state index is 0.0315. The fourth-order valence-corrected chi connectivity index (χ4v) is 4.01. The summed E-state index contributed by atoms with van der Waals surface area (Å²) in [6.45, 7) is 1.91. The number of rotatable bonds is 1. The molecule has 0 bridgehead atoms. The van der Waals surface area contributed by atoms with Gasteiger partial charge < -0.3 is 5.11 Å². The highest BCUT2D eigenvalue weighted by Gasteiger charge is 2.46. The zero-order valence-electron chi connectivity index (χ0n) is 11.5. The molecule has 1 N–H and O–H groups in total. The summed E-state index contributed by atoms with van der Waals surface area (Å²) in [4.78, 5) is 12.1. The van der Waals surface area contributed by atoms with Crippen molar-refractivity contribution in [3.8, 4) is 0 Å². The molecule has 1 aromatic rings. The van der Waals surface area contributed by atoms with Gasteiger partial charge in [-0.2, -0.15) is 5.10 Å². The Kier molecular flexibility index (Phi) is 3.21. The number of hydrogen-bond donors (Lipinski definition) is 1. The Morgan fingerprint density at radius 1 is 1.32 bits per heavy atom. The van der Waals surface area contributed by atoms with Crippen molar-refractivity contribution in [2.75, 3.05) is 0 Å². The van der Waals surface area contributed by atoms with Gasteiger partial charge in [0.05, 0.1) is 17.8 Å². The molecule has 1 heterocycles. The Balaban J connectivity index is 2.03. The standard InChI is InChI=1S/C15H22N2O2/c1-11-4-5-14(19)17(16-11)13-10-12(18)6-9-15(13)7-2-3-8-15/h4-5,12-13,18H,2-3,6-10H2,1H3. The highest BCUT2D eigenvalue weighted by Crippen LogP contribution is 2.54. The third-order valence-electron chi connectivity index (χ3n) is 5.03. The van der Waals surface area contributed by atoms with Crippen LogP contribution in [0.15, 0.2) is 16.9 Å². The SMILES string of the molecule is Cc1ccc(=O)n(C2CC(O)CCC23CCCC3)n1. The van der Waals surface area contributed by atoms with Crippen molar-refractivity contribution >= 4 is 0 Å². The van der Waals surface area contributed by atoms with Crippen LogP contribution in [0.4, 0.5) is 0 Å². The molecule has 1 aromatic heterocycles. The van der Waals surface area contributed by atoms with Crippen LogP contribution in [0.1, 0.15) is 56.7 Å². The second kappa shape index (κ2) is 4.75. The van der Waals surface area contributed by atoms with Crippen LogP contribution in [0.5, 0.6) is 0 Å². The molecule has 4 heteroatoms. The van der Waals surface area contributed by atoms with Crippen molar-refractivity contribution in [1.29, 1.82) is 0 Å². The van der Waals surface area contributed by atoms with E-state index in [0.29, 0.717) is 6.42 Å². The Morgan fingerprint density at radius 2 is 2.05 bits per heavy atom. The average Bonchev–Trinajstić information content (AvgIpc) is 2.85. The maximum Gasteiger partial charge on any atom is 0.267 e. The zero-order chi connectivity index (χ0) is 13.5. The minimum atomic E-state index is -0.287. The molecule has 0 aromatic carbocycles. The largest absolute Gasteiger partial charge is 0.393 e. The fourth-order valence-electron chi connectivity index (χ4n) is 4.01. The lowest BCUT2D eigenvalue weighted by Crippen LogP contribution is -2.43. The van der Waals surface area contributed by atoms with E-state index in [1.54, 1.807) is 16.8 Å². The number of hydrogen-bond acceptors (Lipinski definition) is 3. The predicted octanol–water partition coefficient (Wildman–Crippen LogP) is 2.20. The third-order valence-corrected chi connectivity index (χ3v) is 5.03. The van der Waals surface area contributed by atoms with Gasteiger partial charge in [-0.1, -0.05) is 12.8 Å². The van der Waals surface area contributed by atoms with Crippen LogP contribution in [0.2, 0.25) is 0 Å². The van der Waals surface area contributed by atoms with Gasteiger partial charge in [0.25, 0.3) is 5.56 Å². The van der Waals surface area contributed by atoms with Gasteiger partial charge in [-0.15, -0.1) is 0 Å². The van der Waals surface area contributed by atoms with E-state index in [4.69, 9.17) is 0 Å². The first-order chi connectivity index (χ1) is 9.11. The summed E-state index contributed by atoms with van der Waals surface area (Å²) in [5.74, 6) is 0. The molecule has 2 aliphatic carbocycles. The third kappa shape index (κ3) is 2.22. The molecule has 0 radical (unpaired) electrons. The topological polar surface area (TPSA) is 55.1 Å². The quantitative estimate of drug-likeness (QED) is 0.844. The molecule has 2 fully saturated rings. The van der Waals surface area contributed by atoms with E-state index >= 15 is 0 Å². The Bertz CT molecular complexity index is 517. The number of aromatic nitrogens is 2. The van der Waals surface area contributed by atoms with Crippen molar-refractivity contribution in [2.24, 2.45) is 5.41 Å². The van der Waals surface area contributed by atoms with Crippen molar-refractivity contribution in [2.45, 2.75) is 64.0 Å². The summed E-state index contributed by atoms with van der Waals surface area (Å²) in [6.07, 6.45) is 7.12. The van der Waals surface area contributed by atoms with Gasteiger partial charge in [0.1, 0.15) is 0 Å². The van der Waals surface area contributed by atoms with Crippen LogP contribution in [0.3, 0.4) is 0 Å². The number of aryl methyl sites for hydroxylation is 1. The fraction of sp³-hybridized carbons (Fsp3) is 0.733. The monoisotopic (exact) mass is 262 g/mol. The van der Waals surface area contributed by atoms with Crippen molar-refractivity contribution in [3.05, 3.63) is 28.2 Å². The van der Waals surface area contributed by atoms with E-state index in [-0.39, 0.29) is 23.1 Å². The van der Waals surface area contributed by atoms with Crippen molar-refractivity contribution in [3.63, 3.8) is 0 Å². The van der Waals surface area contributed by atoms with Gasteiger partial charge in [-0.25, -0.2) is 4.68 Å². The molecule has 2 unspecified atom stereocenters. The van der Waals surface area contributed by atoms with Gasteiger partial charge in [0.15, 0.2) is 0 Å². The molecular weight excluding hydrogens is 240 g/mol. The van der Waals surface area contributed by atoms with Crippen LogP contribution < -0.4 is 5.56 Å². The molecule has 19 heavy (non-hydrogen) atoms. The Morgan fingerprint density at radius 3 is 2.79 bits per heavy atom. The van der Waals surface area contributed by atoms with Gasteiger partial charge in [-0.3, -0.25) is 4.79 Å². The van der Waals surface area contributed by atoms with Crippen LogP contribution in [-0.4, -0.2) is 21.0 Å². The summed E-state index contributed by atoms with van der Waals surface area (Å²) >= 11 is 0. The first-order valence-corrected chi connectivity index (χ1v) is 7.35. The van der Waals surface area contributed by atoms with E-state index in [1.165, 1.54) is 25.7 Å². The molecule has 3 rings (SSSR count). The van der Waals surface area contributed by atoms with Crippen molar-refractivity contribution < 1.29 is 5.11 Å². The number of nitrogens with zero attached hydrogens (tertiary/aromatic N) is 2. The number of aliphatic hydroxyl groups excluding tert-OH is 1. The Hall–Kier alpha value is -1.16. The second-order valence-electron chi connectivity index (χ2n) is 6.27. The molecule has 0 saturated heterocycles. The molecule has 4 nitrogen and oxygen atoms in total. The van der Waals surface area contributed by atoms with E-state index in [9.17, 15) is 9.90 Å². The molecule has 104 valence electrons. The van der Waals surface area contributed by atoms with Gasteiger partial charge in [0, 0.05) is 6.07 Å². The summed E-state index contributed by atoms with van der Waals surface area (Å²) < 4.78 is 1.66. The molecule has 2 saturated carbocycles. The van der Waals surface area contributed by atoms with Gasteiger partial charge in [0.2, 0.25) is 0 Å². The lowest BCUT2D eigenvalue weighted by molar-refractivity contribution is 0.0101. The zero-order valence-corrected chi connectivity index (χ0v) is 11.5. The average molecular weight is 262 g/mol. The Labute approximate surface area is 113 Å². The van der Waals surface area contributed by atoms with Crippen LogP contribution >= 0.6 is 0 Å². The number of aliphatic hydroxyl groups is 1. The normalized spacial score (nSPS) is 29.8. The first-order valence-electron chi connectivity index (χ1n) is 7.35. The summed E-state index contributed by atoms with van der Waals surface area (Å²) in [5, 5.41) is 14.4. The molecule has 1 spiro atoms. The first kappa shape index (κ1) is 12.9. The maximum atomic E-state index is 12.1. The summed E-state index contributed by atoms with van der Waals surface area (Å²) in [5.41, 5.74) is 1.04. The molecule has 2 atom stereocenters. The van der Waals surface area contributed by atoms with E-state index < -0.39 is 0 Å². The maximum absolute atomic E-state index is 12.1.